The zero-order valence-corrected chi connectivity index (χ0v) is 14.6. The molecule has 132 valence electrons. The lowest BCUT2D eigenvalue weighted by Gasteiger charge is -2.34. The first kappa shape index (κ1) is 18.4. The SMILES string of the molecule is CC(C)(C)NC(=O)c1ccc(NC(=O)C2(CN)CCOCC2)cc1. The summed E-state index contributed by atoms with van der Waals surface area (Å²) in [5.74, 6) is -0.219. The molecule has 2 amide bonds. The molecular weight excluding hydrogens is 306 g/mol. The van der Waals surface area contributed by atoms with Crippen LogP contribution < -0.4 is 16.4 Å². The number of carbonyl (C=O) groups excluding carboxylic acids is 2. The Morgan fingerprint density at radius 2 is 1.75 bits per heavy atom. The smallest absolute Gasteiger partial charge is 0.251 e. The fourth-order valence-corrected chi connectivity index (χ4v) is 2.67. The monoisotopic (exact) mass is 333 g/mol. The van der Waals surface area contributed by atoms with Crippen molar-refractivity contribution in [2.45, 2.75) is 39.2 Å². The normalized spacial score (nSPS) is 17.2. The molecule has 1 heterocycles. The van der Waals surface area contributed by atoms with Crippen molar-refractivity contribution in [3.05, 3.63) is 29.8 Å². The number of benzene rings is 1. The molecular formula is C18H27N3O3. The van der Waals surface area contributed by atoms with Gasteiger partial charge in [0.15, 0.2) is 0 Å². The maximum absolute atomic E-state index is 12.6. The van der Waals surface area contributed by atoms with Gasteiger partial charge in [-0.1, -0.05) is 0 Å². The molecule has 6 heteroatoms. The summed E-state index contributed by atoms with van der Waals surface area (Å²) >= 11 is 0. The molecule has 0 bridgehead atoms. The molecule has 6 nitrogen and oxygen atoms in total. The van der Waals surface area contributed by atoms with Crippen molar-refractivity contribution in [3.8, 4) is 0 Å². The molecule has 0 atom stereocenters. The highest BCUT2D eigenvalue weighted by atomic mass is 16.5. The first-order valence-electron chi connectivity index (χ1n) is 8.28. The minimum absolute atomic E-state index is 0.0832. The van der Waals surface area contributed by atoms with Gasteiger partial charge in [-0.2, -0.15) is 0 Å². The summed E-state index contributed by atoms with van der Waals surface area (Å²) in [6, 6.07) is 6.88. The Balaban J connectivity index is 2.03. The third-order valence-corrected chi connectivity index (χ3v) is 4.22. The summed E-state index contributed by atoms with van der Waals surface area (Å²) in [7, 11) is 0. The minimum Gasteiger partial charge on any atom is -0.381 e. The van der Waals surface area contributed by atoms with Crippen LogP contribution in [0.1, 0.15) is 44.0 Å². The first-order chi connectivity index (χ1) is 11.3. The quantitative estimate of drug-likeness (QED) is 0.784. The highest BCUT2D eigenvalue weighted by Gasteiger charge is 2.38. The van der Waals surface area contributed by atoms with Gasteiger partial charge < -0.3 is 21.1 Å². The van der Waals surface area contributed by atoms with Crippen LogP contribution in [0.2, 0.25) is 0 Å². The van der Waals surface area contributed by atoms with Crippen LogP contribution in [-0.2, 0) is 9.53 Å². The number of anilines is 1. The van der Waals surface area contributed by atoms with Crippen molar-refractivity contribution in [1.82, 2.24) is 5.32 Å². The molecule has 1 aromatic rings. The number of amides is 2. The molecule has 1 saturated heterocycles. The molecule has 0 aromatic heterocycles. The first-order valence-corrected chi connectivity index (χ1v) is 8.28. The van der Waals surface area contributed by atoms with Gasteiger partial charge in [-0.3, -0.25) is 9.59 Å². The van der Waals surface area contributed by atoms with Gasteiger partial charge >= 0.3 is 0 Å². The molecule has 1 fully saturated rings. The van der Waals surface area contributed by atoms with Gasteiger partial charge in [0.05, 0.1) is 5.41 Å². The van der Waals surface area contributed by atoms with E-state index in [4.69, 9.17) is 10.5 Å². The van der Waals surface area contributed by atoms with E-state index in [1.54, 1.807) is 24.3 Å². The molecule has 0 saturated carbocycles. The third kappa shape index (κ3) is 4.55. The number of ether oxygens (including phenoxy) is 1. The zero-order valence-electron chi connectivity index (χ0n) is 14.6. The molecule has 1 aromatic carbocycles. The topological polar surface area (TPSA) is 93.5 Å². The Bertz CT molecular complexity index is 585. The second-order valence-corrected chi connectivity index (χ2v) is 7.33. The largest absolute Gasteiger partial charge is 0.381 e. The lowest BCUT2D eigenvalue weighted by molar-refractivity contribution is -0.130. The Kier molecular flexibility index (Phi) is 5.62. The van der Waals surface area contributed by atoms with Crippen LogP contribution in [0.25, 0.3) is 0 Å². The predicted octanol–water partition coefficient (Wildman–Crippen LogP) is 1.91. The zero-order chi connectivity index (χ0) is 17.8. The minimum atomic E-state index is -0.569. The second kappa shape index (κ2) is 7.32. The van der Waals surface area contributed by atoms with E-state index < -0.39 is 5.41 Å². The summed E-state index contributed by atoms with van der Waals surface area (Å²) in [6.07, 6.45) is 1.25. The van der Waals surface area contributed by atoms with Gasteiger partial charge in [-0.15, -0.1) is 0 Å². The Labute approximate surface area is 143 Å². The van der Waals surface area contributed by atoms with Crippen molar-refractivity contribution < 1.29 is 14.3 Å². The fourth-order valence-electron chi connectivity index (χ4n) is 2.67. The van der Waals surface area contributed by atoms with Crippen LogP contribution >= 0.6 is 0 Å². The van der Waals surface area contributed by atoms with E-state index in [-0.39, 0.29) is 17.4 Å². The van der Waals surface area contributed by atoms with Gasteiger partial charge in [0.1, 0.15) is 0 Å². The van der Waals surface area contributed by atoms with Crippen molar-refractivity contribution in [2.75, 3.05) is 25.1 Å². The number of carbonyl (C=O) groups is 2. The Morgan fingerprint density at radius 1 is 1.17 bits per heavy atom. The van der Waals surface area contributed by atoms with E-state index in [9.17, 15) is 9.59 Å². The van der Waals surface area contributed by atoms with Crippen LogP contribution in [-0.4, -0.2) is 37.1 Å². The number of rotatable bonds is 4. The Hall–Kier alpha value is -1.92. The van der Waals surface area contributed by atoms with Crippen LogP contribution in [0, 0.1) is 5.41 Å². The van der Waals surface area contributed by atoms with E-state index in [0.29, 0.717) is 43.9 Å². The van der Waals surface area contributed by atoms with E-state index in [2.05, 4.69) is 10.6 Å². The fraction of sp³-hybridized carbons (Fsp3) is 0.556. The van der Waals surface area contributed by atoms with Crippen molar-refractivity contribution >= 4 is 17.5 Å². The Morgan fingerprint density at radius 3 is 2.25 bits per heavy atom. The van der Waals surface area contributed by atoms with Crippen molar-refractivity contribution in [2.24, 2.45) is 11.1 Å². The maximum Gasteiger partial charge on any atom is 0.251 e. The van der Waals surface area contributed by atoms with Crippen molar-refractivity contribution in [3.63, 3.8) is 0 Å². The van der Waals surface area contributed by atoms with Crippen LogP contribution in [0.3, 0.4) is 0 Å². The van der Waals surface area contributed by atoms with Gasteiger partial charge in [0, 0.05) is 36.5 Å². The second-order valence-electron chi connectivity index (χ2n) is 7.33. The lowest BCUT2D eigenvalue weighted by atomic mass is 9.79. The summed E-state index contributed by atoms with van der Waals surface area (Å²) in [5, 5.41) is 5.82. The molecule has 1 aliphatic rings. The molecule has 4 N–H and O–H groups in total. The summed E-state index contributed by atoms with van der Waals surface area (Å²) in [4.78, 5) is 24.7. The van der Waals surface area contributed by atoms with E-state index in [1.807, 2.05) is 20.8 Å². The highest BCUT2D eigenvalue weighted by Crippen LogP contribution is 2.30. The average Bonchev–Trinajstić information content (AvgIpc) is 2.54. The maximum atomic E-state index is 12.6. The van der Waals surface area contributed by atoms with Gasteiger partial charge in [0.25, 0.3) is 5.91 Å². The average molecular weight is 333 g/mol. The standard InChI is InChI=1S/C18H27N3O3/c1-17(2,3)21-15(22)13-4-6-14(7-5-13)20-16(23)18(12-19)8-10-24-11-9-18/h4-7H,8-12,19H2,1-3H3,(H,20,23)(H,21,22). The molecule has 0 radical (unpaired) electrons. The number of nitrogens with two attached hydrogens (primary N) is 1. The van der Waals surface area contributed by atoms with Crippen LogP contribution in [0.15, 0.2) is 24.3 Å². The number of hydrogen-bond donors (Lipinski definition) is 3. The van der Waals surface area contributed by atoms with Gasteiger partial charge in [0.2, 0.25) is 5.91 Å². The summed E-state index contributed by atoms with van der Waals surface area (Å²) < 4.78 is 5.33. The molecule has 0 aliphatic carbocycles. The van der Waals surface area contributed by atoms with Gasteiger partial charge in [-0.25, -0.2) is 0 Å². The van der Waals surface area contributed by atoms with Crippen molar-refractivity contribution in [1.29, 1.82) is 0 Å². The molecule has 0 spiro atoms. The highest BCUT2D eigenvalue weighted by molar-refractivity contribution is 5.97. The molecule has 24 heavy (non-hydrogen) atoms. The number of hydrogen-bond acceptors (Lipinski definition) is 4. The molecule has 1 aliphatic heterocycles. The number of nitrogens with one attached hydrogen (secondary N) is 2. The van der Waals surface area contributed by atoms with E-state index in [0.717, 1.165) is 0 Å². The molecule has 0 unspecified atom stereocenters. The predicted molar refractivity (Wildman–Crippen MR) is 93.8 cm³/mol. The van der Waals surface area contributed by atoms with Crippen LogP contribution in [0.5, 0.6) is 0 Å². The van der Waals surface area contributed by atoms with E-state index in [1.165, 1.54) is 0 Å². The third-order valence-electron chi connectivity index (χ3n) is 4.22. The summed E-state index contributed by atoms with van der Waals surface area (Å²) in [5.41, 5.74) is 6.20. The van der Waals surface area contributed by atoms with E-state index >= 15 is 0 Å². The van der Waals surface area contributed by atoms with Gasteiger partial charge in [-0.05, 0) is 57.9 Å². The molecule has 2 rings (SSSR count). The summed E-state index contributed by atoms with van der Waals surface area (Å²) in [6.45, 7) is 7.19. The van der Waals surface area contributed by atoms with Crippen LogP contribution in [0.4, 0.5) is 5.69 Å². The lowest BCUT2D eigenvalue weighted by Crippen LogP contribution is -2.46.